The third kappa shape index (κ3) is 5.46. The van der Waals surface area contributed by atoms with Crippen molar-refractivity contribution in [1.82, 2.24) is 35.1 Å². The van der Waals surface area contributed by atoms with Crippen molar-refractivity contribution < 1.29 is 14.3 Å². The molecule has 1 aliphatic heterocycles. The monoisotopic (exact) mass is 603 g/mol. The lowest BCUT2D eigenvalue weighted by atomic mass is 9.98. The Labute approximate surface area is 260 Å². The summed E-state index contributed by atoms with van der Waals surface area (Å²) in [4.78, 5) is 45.2. The SMILES string of the molecule is CCCN(Cc1nc2c(ccc3cc(-c4ccc5c(ccc6[nH]c(C7CCCN7C)nc65)c4)ccc32)[nH]1)C(=O)CNC(=O)OC. The lowest BCUT2D eigenvalue weighted by Crippen LogP contribution is -2.40. The number of hydrogen-bond donors (Lipinski definition) is 3. The zero-order chi connectivity index (χ0) is 31.1. The summed E-state index contributed by atoms with van der Waals surface area (Å²) >= 11 is 0. The molecule has 6 aromatic rings. The number of fused-ring (bicyclic) bond motifs is 6. The van der Waals surface area contributed by atoms with Crippen molar-refractivity contribution >= 4 is 55.6 Å². The normalized spacial score (nSPS) is 15.4. The maximum absolute atomic E-state index is 12.8. The minimum absolute atomic E-state index is 0.126. The molecule has 0 spiro atoms. The Hall–Kier alpha value is -4.96. The molecule has 230 valence electrons. The van der Waals surface area contributed by atoms with Crippen molar-refractivity contribution in [2.24, 2.45) is 0 Å². The summed E-state index contributed by atoms with van der Waals surface area (Å²) < 4.78 is 4.59. The summed E-state index contributed by atoms with van der Waals surface area (Å²) in [6, 6.07) is 21.9. The first kappa shape index (κ1) is 28.8. The molecule has 45 heavy (non-hydrogen) atoms. The molecule has 2 amide bonds. The lowest BCUT2D eigenvalue weighted by Gasteiger charge is -2.21. The number of benzene rings is 4. The van der Waals surface area contributed by atoms with Crippen LogP contribution < -0.4 is 5.32 Å². The quantitative estimate of drug-likeness (QED) is 0.189. The Balaban J connectivity index is 1.16. The van der Waals surface area contributed by atoms with Crippen LogP contribution >= 0.6 is 0 Å². The molecule has 10 nitrogen and oxygen atoms in total. The van der Waals surface area contributed by atoms with Crippen molar-refractivity contribution in [1.29, 1.82) is 0 Å². The molecule has 1 unspecified atom stereocenters. The zero-order valence-corrected chi connectivity index (χ0v) is 25.8. The van der Waals surface area contributed by atoms with Gasteiger partial charge in [-0.2, -0.15) is 0 Å². The second-order valence-electron chi connectivity index (χ2n) is 11.9. The van der Waals surface area contributed by atoms with Gasteiger partial charge in [0.05, 0.1) is 41.8 Å². The topological polar surface area (TPSA) is 119 Å². The Morgan fingerprint density at radius 2 is 1.62 bits per heavy atom. The molecule has 0 aliphatic carbocycles. The number of likely N-dealkylation sites (tertiary alicyclic amines) is 1. The van der Waals surface area contributed by atoms with Crippen LogP contribution in [0.4, 0.5) is 4.79 Å². The number of aromatic amines is 2. The second kappa shape index (κ2) is 11.9. The molecule has 0 saturated carbocycles. The molecule has 4 aromatic carbocycles. The number of carbonyl (C=O) groups is 2. The molecule has 0 radical (unpaired) electrons. The van der Waals surface area contributed by atoms with Crippen LogP contribution in [-0.2, 0) is 16.1 Å². The van der Waals surface area contributed by atoms with Crippen molar-refractivity contribution in [3.05, 3.63) is 72.3 Å². The van der Waals surface area contributed by atoms with Gasteiger partial charge in [0, 0.05) is 17.3 Å². The number of hydrogen-bond acceptors (Lipinski definition) is 6. The van der Waals surface area contributed by atoms with Crippen LogP contribution in [0.5, 0.6) is 0 Å². The summed E-state index contributed by atoms with van der Waals surface area (Å²) in [6.45, 7) is 3.87. The molecule has 2 aromatic heterocycles. The van der Waals surface area contributed by atoms with Gasteiger partial charge in [0.1, 0.15) is 18.2 Å². The molecular weight excluding hydrogens is 566 g/mol. The van der Waals surface area contributed by atoms with Crippen LogP contribution in [0.15, 0.2) is 60.7 Å². The van der Waals surface area contributed by atoms with Gasteiger partial charge in [0.15, 0.2) is 0 Å². The maximum atomic E-state index is 12.8. The van der Waals surface area contributed by atoms with Gasteiger partial charge in [0.2, 0.25) is 5.91 Å². The number of methoxy groups -OCH3 is 1. The fourth-order valence-corrected chi connectivity index (χ4v) is 6.60. The van der Waals surface area contributed by atoms with Gasteiger partial charge in [-0.1, -0.05) is 43.3 Å². The van der Waals surface area contributed by atoms with Gasteiger partial charge in [0.25, 0.3) is 0 Å². The fraction of sp³-hybridized carbons (Fsp3) is 0.314. The molecule has 1 fully saturated rings. The van der Waals surface area contributed by atoms with E-state index in [1.54, 1.807) is 4.90 Å². The molecule has 0 bridgehead atoms. The average molecular weight is 604 g/mol. The minimum Gasteiger partial charge on any atom is -0.453 e. The third-order valence-corrected chi connectivity index (χ3v) is 8.93. The molecule has 7 rings (SSSR count). The summed E-state index contributed by atoms with van der Waals surface area (Å²) in [5, 5.41) is 6.92. The van der Waals surface area contributed by atoms with E-state index in [1.807, 2.05) is 13.0 Å². The number of H-pyrrole nitrogens is 2. The molecule has 1 aliphatic rings. The average Bonchev–Trinajstić information content (AvgIpc) is 3.80. The highest BCUT2D eigenvalue weighted by Crippen LogP contribution is 2.34. The Morgan fingerprint density at radius 3 is 2.24 bits per heavy atom. The highest BCUT2D eigenvalue weighted by molar-refractivity contribution is 6.07. The van der Waals surface area contributed by atoms with E-state index in [0.29, 0.717) is 25.0 Å². The van der Waals surface area contributed by atoms with Crippen molar-refractivity contribution in [3.63, 3.8) is 0 Å². The van der Waals surface area contributed by atoms with Crippen LogP contribution in [0, 0.1) is 0 Å². The Morgan fingerprint density at radius 1 is 0.956 bits per heavy atom. The number of rotatable bonds is 8. The summed E-state index contributed by atoms with van der Waals surface area (Å²) in [5.74, 6) is 1.56. The van der Waals surface area contributed by atoms with Crippen molar-refractivity contribution in [2.75, 3.05) is 33.8 Å². The largest absolute Gasteiger partial charge is 0.453 e. The molecule has 1 saturated heterocycles. The second-order valence-corrected chi connectivity index (χ2v) is 11.9. The van der Waals surface area contributed by atoms with E-state index < -0.39 is 6.09 Å². The number of carbonyl (C=O) groups excluding carboxylic acids is 2. The number of amides is 2. The van der Waals surface area contributed by atoms with Crippen LogP contribution in [0.1, 0.15) is 43.9 Å². The van der Waals surface area contributed by atoms with E-state index in [-0.39, 0.29) is 12.5 Å². The first-order valence-electron chi connectivity index (χ1n) is 15.6. The van der Waals surface area contributed by atoms with Crippen molar-refractivity contribution in [3.8, 4) is 11.1 Å². The van der Waals surface area contributed by atoms with E-state index in [4.69, 9.17) is 9.97 Å². The Bertz CT molecular complexity index is 2060. The first-order chi connectivity index (χ1) is 21.9. The standard InChI is InChI=1S/C35H37N7O3/c1-4-15-42(31(43)19-36-35(44)45-3)20-30-37-27-13-9-23-17-21(7-11-25(23)32(27)39-30)22-8-12-26-24(18-22)10-14-28-33(26)40-34(38-28)29-6-5-16-41(29)2/h7-14,17-18,29H,4-6,15-16,19-20H2,1-3H3,(H,36,44)(H,37,39)(H,38,40). The summed E-state index contributed by atoms with van der Waals surface area (Å²) in [7, 11) is 3.45. The van der Waals surface area contributed by atoms with Crippen LogP contribution in [0.25, 0.3) is 54.7 Å². The predicted octanol–water partition coefficient (Wildman–Crippen LogP) is 6.27. The van der Waals surface area contributed by atoms with E-state index in [2.05, 4.69) is 86.6 Å². The van der Waals surface area contributed by atoms with E-state index >= 15 is 0 Å². The van der Waals surface area contributed by atoms with E-state index in [9.17, 15) is 9.59 Å². The molecule has 3 N–H and O–H groups in total. The van der Waals surface area contributed by atoms with Crippen LogP contribution in [-0.4, -0.2) is 75.5 Å². The maximum Gasteiger partial charge on any atom is 0.407 e. The number of nitrogens with one attached hydrogen (secondary N) is 3. The fourth-order valence-electron chi connectivity index (χ4n) is 6.60. The summed E-state index contributed by atoms with van der Waals surface area (Å²) in [5.41, 5.74) is 6.18. The van der Waals surface area contributed by atoms with Gasteiger partial charge in [-0.25, -0.2) is 14.8 Å². The summed E-state index contributed by atoms with van der Waals surface area (Å²) in [6.07, 6.45) is 2.50. The smallest absolute Gasteiger partial charge is 0.407 e. The number of nitrogens with zero attached hydrogens (tertiary/aromatic N) is 4. The molecule has 1 atom stereocenters. The van der Waals surface area contributed by atoms with Crippen LogP contribution in [0.3, 0.4) is 0 Å². The van der Waals surface area contributed by atoms with E-state index in [0.717, 1.165) is 74.6 Å². The van der Waals surface area contributed by atoms with Gasteiger partial charge in [-0.15, -0.1) is 0 Å². The van der Waals surface area contributed by atoms with Crippen molar-refractivity contribution in [2.45, 2.75) is 38.8 Å². The van der Waals surface area contributed by atoms with Gasteiger partial charge >= 0.3 is 6.09 Å². The number of imidazole rings is 2. The van der Waals surface area contributed by atoms with Gasteiger partial charge in [-0.3, -0.25) is 9.69 Å². The van der Waals surface area contributed by atoms with Gasteiger partial charge in [-0.05, 0) is 79.0 Å². The highest BCUT2D eigenvalue weighted by Gasteiger charge is 2.25. The molecule has 10 heteroatoms. The predicted molar refractivity (Wildman–Crippen MR) is 177 cm³/mol. The third-order valence-electron chi connectivity index (χ3n) is 8.93. The van der Waals surface area contributed by atoms with Gasteiger partial charge < -0.3 is 24.9 Å². The highest BCUT2D eigenvalue weighted by atomic mass is 16.5. The van der Waals surface area contributed by atoms with E-state index in [1.165, 1.54) is 18.9 Å². The zero-order valence-electron chi connectivity index (χ0n) is 25.8. The molecular formula is C35H37N7O3. The molecule has 3 heterocycles. The number of alkyl carbamates (subject to hydrolysis) is 1. The lowest BCUT2D eigenvalue weighted by molar-refractivity contribution is -0.130. The van der Waals surface area contributed by atoms with Crippen LogP contribution in [0.2, 0.25) is 0 Å². The number of aromatic nitrogens is 4. The Kier molecular flexibility index (Phi) is 7.58. The minimum atomic E-state index is -0.630. The first-order valence-corrected chi connectivity index (χ1v) is 15.6. The number of ether oxygens (including phenoxy) is 1.